The van der Waals surface area contributed by atoms with Gasteiger partial charge in [-0.15, -0.1) is 0 Å². The third-order valence-electron chi connectivity index (χ3n) is 3.71. The fraction of sp³-hybridized carbons (Fsp3) is 0.944. The molecule has 124 valence electrons. The van der Waals surface area contributed by atoms with E-state index in [0.717, 1.165) is 38.9 Å². The molecule has 0 radical (unpaired) electrons. The fourth-order valence-electron chi connectivity index (χ4n) is 2.97. The van der Waals surface area contributed by atoms with E-state index in [-0.39, 0.29) is 5.54 Å². The second-order valence-corrected chi connectivity index (χ2v) is 7.50. The molecule has 21 heavy (non-hydrogen) atoms. The molecule has 0 aliphatic heterocycles. The van der Waals surface area contributed by atoms with E-state index >= 15 is 0 Å². The van der Waals surface area contributed by atoms with Crippen molar-refractivity contribution in [2.75, 3.05) is 19.6 Å². The Labute approximate surface area is 133 Å². The van der Waals surface area contributed by atoms with Crippen molar-refractivity contribution in [2.45, 2.75) is 79.3 Å². The lowest BCUT2D eigenvalue weighted by atomic mass is 9.91. The van der Waals surface area contributed by atoms with Gasteiger partial charge in [0.25, 0.3) is 0 Å². The zero-order valence-electron chi connectivity index (χ0n) is 15.4. The molecule has 0 rings (SSSR count). The van der Waals surface area contributed by atoms with Crippen LogP contribution in [0.15, 0.2) is 0 Å². The number of nitrogens with zero attached hydrogens (tertiary/aromatic N) is 2. The summed E-state index contributed by atoms with van der Waals surface area (Å²) in [6, 6.07) is 2.88. The average molecular weight is 296 g/mol. The Morgan fingerprint density at radius 3 is 1.90 bits per heavy atom. The van der Waals surface area contributed by atoms with E-state index < -0.39 is 0 Å². The molecule has 1 unspecified atom stereocenters. The summed E-state index contributed by atoms with van der Waals surface area (Å²) in [6.07, 6.45) is 2.89. The smallest absolute Gasteiger partial charge is 0.106 e. The summed E-state index contributed by atoms with van der Waals surface area (Å²) in [4.78, 5) is 2.56. The number of hydrogen-bond acceptors (Lipinski definition) is 3. The standard InChI is InChI=1S/C18H37N3/c1-8-18(14-19,20-17(6)7)10-9-11-21(12-15(2)3)13-16(4)5/h15-17,20H,8-13H2,1-7H3. The van der Waals surface area contributed by atoms with Crippen LogP contribution >= 0.6 is 0 Å². The van der Waals surface area contributed by atoms with Gasteiger partial charge in [0.2, 0.25) is 0 Å². The summed E-state index contributed by atoms with van der Waals surface area (Å²) in [7, 11) is 0. The van der Waals surface area contributed by atoms with E-state index in [2.05, 4.69) is 64.8 Å². The largest absolute Gasteiger partial charge is 0.303 e. The molecule has 3 nitrogen and oxygen atoms in total. The number of nitrogens with one attached hydrogen (secondary N) is 1. The Morgan fingerprint density at radius 2 is 1.57 bits per heavy atom. The van der Waals surface area contributed by atoms with Crippen LogP contribution in [0.4, 0.5) is 0 Å². The first-order chi connectivity index (χ1) is 9.74. The monoisotopic (exact) mass is 295 g/mol. The predicted octanol–water partition coefficient (Wildman–Crippen LogP) is 4.05. The van der Waals surface area contributed by atoms with Gasteiger partial charge in [0.05, 0.1) is 6.07 Å². The van der Waals surface area contributed by atoms with Gasteiger partial charge in [0.1, 0.15) is 5.54 Å². The molecule has 0 spiro atoms. The number of hydrogen-bond donors (Lipinski definition) is 1. The molecular weight excluding hydrogens is 258 g/mol. The summed E-state index contributed by atoms with van der Waals surface area (Å²) < 4.78 is 0. The molecular formula is C18H37N3. The maximum absolute atomic E-state index is 9.56. The lowest BCUT2D eigenvalue weighted by Crippen LogP contribution is -2.47. The maximum Gasteiger partial charge on any atom is 0.106 e. The molecule has 0 aliphatic carbocycles. The van der Waals surface area contributed by atoms with Gasteiger partial charge in [-0.2, -0.15) is 5.26 Å². The highest BCUT2D eigenvalue weighted by Gasteiger charge is 2.28. The summed E-state index contributed by atoms with van der Waals surface area (Å²) >= 11 is 0. The van der Waals surface area contributed by atoms with Crippen molar-refractivity contribution in [1.82, 2.24) is 10.2 Å². The molecule has 0 saturated heterocycles. The van der Waals surface area contributed by atoms with E-state index in [1.54, 1.807) is 0 Å². The van der Waals surface area contributed by atoms with Crippen molar-refractivity contribution in [3.63, 3.8) is 0 Å². The fourth-order valence-corrected chi connectivity index (χ4v) is 2.97. The molecule has 0 aromatic carbocycles. The van der Waals surface area contributed by atoms with E-state index in [0.29, 0.717) is 17.9 Å². The van der Waals surface area contributed by atoms with Gasteiger partial charge in [-0.25, -0.2) is 0 Å². The van der Waals surface area contributed by atoms with Gasteiger partial charge < -0.3 is 4.90 Å². The highest BCUT2D eigenvalue weighted by atomic mass is 15.1. The molecule has 0 aromatic rings. The normalized spacial score (nSPS) is 15.0. The van der Waals surface area contributed by atoms with Crippen LogP contribution in [-0.2, 0) is 0 Å². The first-order valence-electron chi connectivity index (χ1n) is 8.66. The van der Waals surface area contributed by atoms with E-state index in [1.807, 2.05) is 0 Å². The average Bonchev–Trinajstić information content (AvgIpc) is 2.35. The van der Waals surface area contributed by atoms with E-state index in [4.69, 9.17) is 0 Å². The van der Waals surface area contributed by atoms with Crippen molar-refractivity contribution in [1.29, 1.82) is 5.26 Å². The lowest BCUT2D eigenvalue weighted by Gasteiger charge is -2.31. The molecule has 0 aliphatic rings. The highest BCUT2D eigenvalue weighted by Crippen LogP contribution is 2.18. The van der Waals surface area contributed by atoms with Gasteiger partial charge in [-0.1, -0.05) is 34.6 Å². The van der Waals surface area contributed by atoms with Crippen molar-refractivity contribution < 1.29 is 0 Å². The summed E-state index contributed by atoms with van der Waals surface area (Å²) in [5.41, 5.74) is -0.352. The molecule has 3 heteroatoms. The minimum absolute atomic E-state index is 0.352. The highest BCUT2D eigenvalue weighted by molar-refractivity contribution is 5.06. The van der Waals surface area contributed by atoms with Crippen molar-refractivity contribution in [2.24, 2.45) is 11.8 Å². The van der Waals surface area contributed by atoms with Crippen LogP contribution in [0.2, 0.25) is 0 Å². The van der Waals surface area contributed by atoms with Crippen LogP contribution in [0.3, 0.4) is 0 Å². The minimum atomic E-state index is -0.352. The van der Waals surface area contributed by atoms with E-state index in [9.17, 15) is 5.26 Å². The van der Waals surface area contributed by atoms with Crippen LogP contribution in [0.25, 0.3) is 0 Å². The Kier molecular flexibility index (Phi) is 9.90. The van der Waals surface area contributed by atoms with Gasteiger partial charge in [0.15, 0.2) is 0 Å². The first kappa shape index (κ1) is 20.4. The van der Waals surface area contributed by atoms with Crippen molar-refractivity contribution >= 4 is 0 Å². The lowest BCUT2D eigenvalue weighted by molar-refractivity contribution is 0.206. The number of rotatable bonds is 11. The molecule has 0 aromatic heterocycles. The van der Waals surface area contributed by atoms with Crippen LogP contribution < -0.4 is 5.32 Å². The van der Waals surface area contributed by atoms with Crippen molar-refractivity contribution in [3.8, 4) is 6.07 Å². The maximum atomic E-state index is 9.56. The van der Waals surface area contributed by atoms with Crippen LogP contribution in [0, 0.1) is 23.2 Å². The Hall–Kier alpha value is -0.590. The van der Waals surface area contributed by atoms with Crippen molar-refractivity contribution in [3.05, 3.63) is 0 Å². The second kappa shape index (κ2) is 10.2. The molecule has 0 amide bonds. The molecule has 1 atom stereocenters. The van der Waals surface area contributed by atoms with Crippen LogP contribution in [0.5, 0.6) is 0 Å². The van der Waals surface area contributed by atoms with Crippen LogP contribution in [-0.4, -0.2) is 36.1 Å². The Bertz CT molecular complexity index is 294. The first-order valence-corrected chi connectivity index (χ1v) is 8.66. The quantitative estimate of drug-likeness (QED) is 0.625. The molecule has 0 bridgehead atoms. The molecule has 1 N–H and O–H groups in total. The SMILES string of the molecule is CCC(C#N)(CCCN(CC(C)C)CC(C)C)NC(C)C. The Morgan fingerprint density at radius 1 is 1.05 bits per heavy atom. The summed E-state index contributed by atoms with van der Waals surface area (Å²) in [5.74, 6) is 1.40. The molecule has 0 saturated carbocycles. The van der Waals surface area contributed by atoms with Gasteiger partial charge in [-0.05, 0) is 51.5 Å². The van der Waals surface area contributed by atoms with E-state index in [1.165, 1.54) is 0 Å². The van der Waals surface area contributed by atoms with Gasteiger partial charge >= 0.3 is 0 Å². The molecule has 0 heterocycles. The number of nitriles is 1. The minimum Gasteiger partial charge on any atom is -0.303 e. The third kappa shape index (κ3) is 9.11. The second-order valence-electron chi connectivity index (χ2n) is 7.50. The van der Waals surface area contributed by atoms with Crippen LogP contribution in [0.1, 0.15) is 67.7 Å². The topological polar surface area (TPSA) is 39.1 Å². The zero-order chi connectivity index (χ0) is 16.5. The third-order valence-corrected chi connectivity index (χ3v) is 3.71. The summed E-state index contributed by atoms with van der Waals surface area (Å²) in [5, 5.41) is 13.0. The Balaban J connectivity index is 4.47. The van der Waals surface area contributed by atoms with Gasteiger partial charge in [-0.3, -0.25) is 5.32 Å². The van der Waals surface area contributed by atoms with Gasteiger partial charge in [0, 0.05) is 19.1 Å². The predicted molar refractivity (Wildman–Crippen MR) is 92.3 cm³/mol. The summed E-state index contributed by atoms with van der Waals surface area (Å²) in [6.45, 7) is 18.9. The zero-order valence-corrected chi connectivity index (χ0v) is 15.4. The molecule has 0 fully saturated rings.